The Hall–Kier alpha value is -2.22. The molecule has 0 aliphatic rings. The Balaban J connectivity index is 2.05. The third kappa shape index (κ3) is 2.87. The summed E-state index contributed by atoms with van der Waals surface area (Å²) in [6.45, 7) is 0. The van der Waals surface area contributed by atoms with Crippen molar-refractivity contribution in [3.05, 3.63) is 53.6 Å². The van der Waals surface area contributed by atoms with Crippen LogP contribution in [0.15, 0.2) is 42.7 Å². The Bertz CT molecular complexity index is 847. The van der Waals surface area contributed by atoms with Gasteiger partial charge in [-0.05, 0) is 35.8 Å². The summed E-state index contributed by atoms with van der Waals surface area (Å²) in [7, 11) is -1.59. The third-order valence-electron chi connectivity index (χ3n) is 3.14. The van der Waals surface area contributed by atoms with Crippen molar-refractivity contribution in [1.82, 2.24) is 9.97 Å². The maximum atomic E-state index is 13.2. The van der Waals surface area contributed by atoms with E-state index in [2.05, 4.69) is 15.3 Å². The minimum Gasteiger partial charge on any atom is -0.423 e. The second-order valence-corrected chi connectivity index (χ2v) is 5.03. The van der Waals surface area contributed by atoms with E-state index in [9.17, 15) is 14.4 Å². The zero-order valence-electron chi connectivity index (χ0n) is 11.2. The van der Waals surface area contributed by atoms with Gasteiger partial charge >= 0.3 is 7.12 Å². The van der Waals surface area contributed by atoms with Crippen LogP contribution in [0.3, 0.4) is 0 Å². The van der Waals surface area contributed by atoms with Crippen LogP contribution in [0.1, 0.15) is 0 Å². The van der Waals surface area contributed by atoms with Crippen molar-refractivity contribution in [3.8, 4) is 0 Å². The molecule has 0 amide bonds. The fourth-order valence-electron chi connectivity index (χ4n) is 2.05. The Morgan fingerprint density at radius 2 is 1.91 bits per heavy atom. The summed E-state index contributed by atoms with van der Waals surface area (Å²) < 4.78 is 13.2. The summed E-state index contributed by atoms with van der Waals surface area (Å²) in [4.78, 5) is 8.25. The zero-order valence-corrected chi connectivity index (χ0v) is 11.9. The van der Waals surface area contributed by atoms with Crippen LogP contribution >= 0.6 is 11.6 Å². The number of aromatic nitrogens is 2. The first-order chi connectivity index (χ1) is 10.5. The van der Waals surface area contributed by atoms with E-state index < -0.39 is 12.9 Å². The smallest absolute Gasteiger partial charge is 0.423 e. The van der Waals surface area contributed by atoms with E-state index >= 15 is 0 Å². The van der Waals surface area contributed by atoms with E-state index in [0.29, 0.717) is 27.9 Å². The number of fused-ring (bicyclic) bond motifs is 1. The standard InChI is InChI=1S/C14H10BClFN3O2/c16-11-6-9(2-3-12(11)17)20-14-10-5-8(15(21)22)1-4-13(10)18-7-19-14/h1-7,21-22H,(H,18,19,20). The topological polar surface area (TPSA) is 78.3 Å². The Morgan fingerprint density at radius 3 is 2.64 bits per heavy atom. The van der Waals surface area contributed by atoms with Crippen LogP contribution in [0.4, 0.5) is 15.9 Å². The van der Waals surface area contributed by atoms with Crippen molar-refractivity contribution in [2.45, 2.75) is 0 Å². The van der Waals surface area contributed by atoms with Gasteiger partial charge in [-0.1, -0.05) is 17.7 Å². The number of halogens is 2. The van der Waals surface area contributed by atoms with Gasteiger partial charge in [-0.2, -0.15) is 0 Å². The summed E-state index contributed by atoms with van der Waals surface area (Å²) in [5.74, 6) is -0.0550. The quantitative estimate of drug-likeness (QED) is 0.643. The SMILES string of the molecule is OB(O)c1ccc2ncnc(Nc3ccc(F)c(Cl)c3)c2c1. The van der Waals surface area contributed by atoms with Gasteiger partial charge in [0.1, 0.15) is 18.0 Å². The molecule has 0 fully saturated rings. The van der Waals surface area contributed by atoms with E-state index in [4.69, 9.17) is 11.6 Å². The first-order valence-corrected chi connectivity index (χ1v) is 6.75. The molecule has 3 rings (SSSR count). The Labute approximate surface area is 130 Å². The van der Waals surface area contributed by atoms with Crippen molar-refractivity contribution < 1.29 is 14.4 Å². The van der Waals surface area contributed by atoms with Crippen molar-refractivity contribution in [2.24, 2.45) is 0 Å². The first kappa shape index (κ1) is 14.7. The minimum atomic E-state index is -1.59. The van der Waals surface area contributed by atoms with E-state index in [1.807, 2.05) is 0 Å². The lowest BCUT2D eigenvalue weighted by atomic mass is 9.80. The maximum absolute atomic E-state index is 13.2. The fourth-order valence-corrected chi connectivity index (χ4v) is 2.23. The molecule has 110 valence electrons. The van der Waals surface area contributed by atoms with E-state index in [-0.39, 0.29) is 5.02 Å². The lowest BCUT2D eigenvalue weighted by Crippen LogP contribution is -2.29. The van der Waals surface area contributed by atoms with Crippen LogP contribution < -0.4 is 10.8 Å². The Kier molecular flexibility index (Phi) is 3.93. The van der Waals surface area contributed by atoms with Gasteiger partial charge < -0.3 is 15.4 Å². The maximum Gasteiger partial charge on any atom is 0.488 e. The van der Waals surface area contributed by atoms with Crippen LogP contribution in [0.2, 0.25) is 5.02 Å². The summed E-state index contributed by atoms with van der Waals surface area (Å²) in [6.07, 6.45) is 1.38. The highest BCUT2D eigenvalue weighted by atomic mass is 35.5. The van der Waals surface area contributed by atoms with Gasteiger partial charge in [0.05, 0.1) is 10.5 Å². The molecule has 5 nitrogen and oxygen atoms in total. The molecule has 0 aliphatic heterocycles. The van der Waals surface area contributed by atoms with Crippen LogP contribution in [-0.4, -0.2) is 27.1 Å². The molecule has 0 bridgehead atoms. The third-order valence-corrected chi connectivity index (χ3v) is 3.43. The molecule has 22 heavy (non-hydrogen) atoms. The highest BCUT2D eigenvalue weighted by Crippen LogP contribution is 2.25. The van der Waals surface area contributed by atoms with Gasteiger partial charge in [-0.3, -0.25) is 0 Å². The summed E-state index contributed by atoms with van der Waals surface area (Å²) >= 11 is 5.75. The predicted molar refractivity (Wildman–Crippen MR) is 84.1 cm³/mol. The first-order valence-electron chi connectivity index (χ1n) is 6.37. The molecule has 1 aromatic heterocycles. The van der Waals surface area contributed by atoms with Gasteiger partial charge in [0.15, 0.2) is 0 Å². The van der Waals surface area contributed by atoms with Crippen LogP contribution in [-0.2, 0) is 0 Å². The van der Waals surface area contributed by atoms with Crippen molar-refractivity contribution in [2.75, 3.05) is 5.32 Å². The van der Waals surface area contributed by atoms with Gasteiger partial charge in [-0.15, -0.1) is 0 Å². The molecule has 3 aromatic rings. The normalized spacial score (nSPS) is 10.7. The molecular weight excluding hydrogens is 307 g/mol. The van der Waals surface area contributed by atoms with Gasteiger partial charge in [0.25, 0.3) is 0 Å². The van der Waals surface area contributed by atoms with E-state index in [1.165, 1.54) is 24.5 Å². The molecule has 0 saturated heterocycles. The number of rotatable bonds is 3. The van der Waals surface area contributed by atoms with Gasteiger partial charge in [-0.25, -0.2) is 14.4 Å². The molecular formula is C14H10BClFN3O2. The Morgan fingerprint density at radius 1 is 1.09 bits per heavy atom. The number of nitrogens with one attached hydrogen (secondary N) is 1. The van der Waals surface area contributed by atoms with Crippen molar-refractivity contribution >= 4 is 46.6 Å². The molecule has 3 N–H and O–H groups in total. The summed E-state index contributed by atoms with van der Waals surface area (Å²) in [6, 6.07) is 9.02. The minimum absolute atomic E-state index is 0.00479. The number of hydrogen-bond donors (Lipinski definition) is 3. The average molecular weight is 318 g/mol. The number of anilines is 2. The highest BCUT2D eigenvalue weighted by molar-refractivity contribution is 6.59. The lowest BCUT2D eigenvalue weighted by Gasteiger charge is -2.10. The predicted octanol–water partition coefficient (Wildman–Crippen LogP) is 1.85. The van der Waals surface area contributed by atoms with Crippen molar-refractivity contribution in [3.63, 3.8) is 0 Å². The zero-order chi connectivity index (χ0) is 15.7. The summed E-state index contributed by atoms with van der Waals surface area (Å²) in [5, 5.41) is 22.1. The average Bonchev–Trinajstić information content (AvgIpc) is 2.51. The lowest BCUT2D eigenvalue weighted by molar-refractivity contribution is 0.426. The highest BCUT2D eigenvalue weighted by Gasteiger charge is 2.13. The number of nitrogens with zero attached hydrogens (tertiary/aromatic N) is 2. The number of hydrogen-bond acceptors (Lipinski definition) is 5. The molecule has 0 radical (unpaired) electrons. The second-order valence-electron chi connectivity index (χ2n) is 4.63. The molecule has 1 heterocycles. The largest absolute Gasteiger partial charge is 0.488 e. The van der Waals surface area contributed by atoms with E-state index in [1.54, 1.807) is 18.2 Å². The second kappa shape index (κ2) is 5.88. The molecule has 0 atom stereocenters. The number of benzene rings is 2. The van der Waals surface area contributed by atoms with Crippen LogP contribution in [0.25, 0.3) is 10.9 Å². The summed E-state index contributed by atoms with van der Waals surface area (Å²) in [5.41, 5.74) is 1.51. The van der Waals surface area contributed by atoms with Crippen LogP contribution in [0, 0.1) is 5.82 Å². The van der Waals surface area contributed by atoms with Crippen molar-refractivity contribution in [1.29, 1.82) is 0 Å². The van der Waals surface area contributed by atoms with Gasteiger partial charge in [0, 0.05) is 11.1 Å². The molecule has 0 unspecified atom stereocenters. The monoisotopic (exact) mass is 317 g/mol. The fraction of sp³-hybridized carbons (Fsp3) is 0. The molecule has 0 spiro atoms. The van der Waals surface area contributed by atoms with E-state index in [0.717, 1.165) is 0 Å². The molecule has 8 heteroatoms. The molecule has 0 aliphatic carbocycles. The van der Waals surface area contributed by atoms with Crippen LogP contribution in [0.5, 0.6) is 0 Å². The molecule has 0 saturated carbocycles. The van der Waals surface area contributed by atoms with Gasteiger partial charge in [0.2, 0.25) is 0 Å². The molecule has 2 aromatic carbocycles.